The summed E-state index contributed by atoms with van der Waals surface area (Å²) in [4.78, 5) is 0. The second-order valence-corrected chi connectivity index (χ2v) is 2.45. The Morgan fingerprint density at radius 1 is 1.42 bits per heavy atom. The molecule has 0 unspecified atom stereocenters. The number of nitrogens with zero attached hydrogens (tertiary/aromatic N) is 1. The summed E-state index contributed by atoms with van der Waals surface area (Å²) < 4.78 is 4.99. The van der Waals surface area contributed by atoms with Gasteiger partial charge in [0.15, 0.2) is 0 Å². The minimum Gasteiger partial charge on any atom is -0.480 e. The molecule has 0 spiro atoms. The average Bonchev–Trinajstić information content (AvgIpc) is 2.10. The highest BCUT2D eigenvalue weighted by atomic mass is 16.5. The van der Waals surface area contributed by atoms with Crippen molar-refractivity contribution >= 4 is 5.90 Å². The van der Waals surface area contributed by atoms with Gasteiger partial charge < -0.3 is 10.6 Å². The zero-order valence-electron chi connectivity index (χ0n) is 7.24. The number of benzene rings is 1. The van der Waals surface area contributed by atoms with Gasteiger partial charge in [-0.25, -0.2) is 0 Å². The van der Waals surface area contributed by atoms with Crippen LogP contribution < -0.4 is 5.84 Å². The first-order chi connectivity index (χ1) is 5.79. The van der Waals surface area contributed by atoms with E-state index in [4.69, 9.17) is 10.6 Å². The zero-order valence-corrected chi connectivity index (χ0v) is 7.24. The van der Waals surface area contributed by atoms with Crippen molar-refractivity contribution in [2.45, 2.75) is 6.92 Å². The van der Waals surface area contributed by atoms with Crippen molar-refractivity contribution in [3.63, 3.8) is 0 Å². The molecule has 0 amide bonds. The molecule has 0 aliphatic carbocycles. The minimum absolute atomic E-state index is 0.466. The van der Waals surface area contributed by atoms with E-state index >= 15 is 0 Å². The Balaban J connectivity index is 3.10. The van der Waals surface area contributed by atoms with Gasteiger partial charge in [-0.05, 0) is 18.6 Å². The fourth-order valence-corrected chi connectivity index (χ4v) is 1.05. The van der Waals surface area contributed by atoms with Gasteiger partial charge in [0.2, 0.25) is 5.90 Å². The lowest BCUT2D eigenvalue weighted by Gasteiger charge is -2.05. The molecule has 0 aliphatic heterocycles. The van der Waals surface area contributed by atoms with Crippen molar-refractivity contribution < 1.29 is 4.74 Å². The smallest absolute Gasteiger partial charge is 0.237 e. The monoisotopic (exact) mass is 164 g/mol. The van der Waals surface area contributed by atoms with Gasteiger partial charge in [0.1, 0.15) is 0 Å². The Morgan fingerprint density at radius 2 is 2.08 bits per heavy atom. The van der Waals surface area contributed by atoms with E-state index in [9.17, 15) is 0 Å². The summed E-state index contributed by atoms with van der Waals surface area (Å²) in [5.41, 5.74) is 2.03. The van der Waals surface area contributed by atoms with Crippen LogP contribution >= 0.6 is 0 Å². The minimum atomic E-state index is 0.466. The van der Waals surface area contributed by atoms with E-state index < -0.39 is 0 Å². The van der Waals surface area contributed by atoms with E-state index in [0.29, 0.717) is 5.90 Å². The summed E-state index contributed by atoms with van der Waals surface area (Å²) in [6.07, 6.45) is 0. The molecule has 1 aromatic carbocycles. The Bertz CT molecular complexity index is 294. The molecule has 0 fully saturated rings. The molecule has 3 heteroatoms. The maximum atomic E-state index is 5.15. The highest BCUT2D eigenvalue weighted by molar-refractivity contribution is 5.95. The van der Waals surface area contributed by atoms with Crippen LogP contribution in [0, 0.1) is 6.92 Å². The molecular formula is C9H12N2O. The predicted molar refractivity (Wildman–Crippen MR) is 48.9 cm³/mol. The van der Waals surface area contributed by atoms with Crippen LogP contribution in [0.25, 0.3) is 0 Å². The summed E-state index contributed by atoms with van der Waals surface area (Å²) in [5.74, 6) is 5.61. The third kappa shape index (κ3) is 1.56. The van der Waals surface area contributed by atoms with Gasteiger partial charge in [-0.3, -0.25) is 0 Å². The van der Waals surface area contributed by atoms with Gasteiger partial charge in [-0.2, -0.15) is 0 Å². The molecule has 0 radical (unpaired) electrons. The van der Waals surface area contributed by atoms with Gasteiger partial charge >= 0.3 is 0 Å². The van der Waals surface area contributed by atoms with Crippen molar-refractivity contribution in [3.8, 4) is 0 Å². The van der Waals surface area contributed by atoms with E-state index in [2.05, 4.69) is 5.10 Å². The molecule has 0 saturated carbocycles. The van der Waals surface area contributed by atoms with Crippen LogP contribution in [0.4, 0.5) is 0 Å². The van der Waals surface area contributed by atoms with Crippen LogP contribution in [0.2, 0.25) is 0 Å². The number of ether oxygens (including phenoxy) is 1. The first-order valence-corrected chi connectivity index (χ1v) is 3.67. The lowest BCUT2D eigenvalue weighted by Crippen LogP contribution is -2.08. The molecule has 0 atom stereocenters. The number of hydrogen-bond donors (Lipinski definition) is 1. The summed E-state index contributed by atoms with van der Waals surface area (Å²) in [7, 11) is 1.55. The summed E-state index contributed by atoms with van der Waals surface area (Å²) in [6.45, 7) is 1.99. The average molecular weight is 164 g/mol. The molecule has 1 rings (SSSR count). The summed E-state index contributed by atoms with van der Waals surface area (Å²) >= 11 is 0. The van der Waals surface area contributed by atoms with Crippen molar-refractivity contribution in [2.75, 3.05) is 7.11 Å². The first-order valence-electron chi connectivity index (χ1n) is 3.67. The first kappa shape index (κ1) is 8.59. The number of hydrogen-bond acceptors (Lipinski definition) is 3. The van der Waals surface area contributed by atoms with Gasteiger partial charge in [-0.1, -0.05) is 18.2 Å². The fraction of sp³-hybridized carbons (Fsp3) is 0.222. The van der Waals surface area contributed by atoms with Crippen molar-refractivity contribution in [3.05, 3.63) is 35.4 Å². The predicted octanol–water partition coefficient (Wildman–Crippen LogP) is 1.26. The highest BCUT2D eigenvalue weighted by Gasteiger charge is 2.04. The van der Waals surface area contributed by atoms with Crippen LogP contribution in [0.15, 0.2) is 29.4 Å². The Morgan fingerprint density at radius 3 is 2.58 bits per heavy atom. The second kappa shape index (κ2) is 3.76. The number of hydrazone groups is 1. The molecule has 3 nitrogen and oxygen atoms in total. The fourth-order valence-electron chi connectivity index (χ4n) is 1.05. The second-order valence-electron chi connectivity index (χ2n) is 2.45. The third-order valence-electron chi connectivity index (χ3n) is 1.69. The molecule has 0 bridgehead atoms. The van der Waals surface area contributed by atoms with Crippen LogP contribution in [0.3, 0.4) is 0 Å². The Kier molecular flexibility index (Phi) is 2.69. The quantitative estimate of drug-likeness (QED) is 0.294. The van der Waals surface area contributed by atoms with E-state index in [1.54, 1.807) is 7.11 Å². The number of methoxy groups -OCH3 is 1. The lowest BCUT2D eigenvalue weighted by molar-refractivity contribution is 0.402. The van der Waals surface area contributed by atoms with Gasteiger partial charge in [-0.15, -0.1) is 5.10 Å². The molecule has 0 saturated heterocycles. The van der Waals surface area contributed by atoms with Crippen LogP contribution in [0.5, 0.6) is 0 Å². The van der Waals surface area contributed by atoms with Crippen molar-refractivity contribution in [2.24, 2.45) is 10.9 Å². The molecule has 0 aliphatic rings. The van der Waals surface area contributed by atoms with E-state index in [-0.39, 0.29) is 0 Å². The molecular weight excluding hydrogens is 152 g/mol. The molecule has 12 heavy (non-hydrogen) atoms. The Labute approximate surface area is 71.8 Å². The van der Waals surface area contributed by atoms with Crippen LogP contribution in [0.1, 0.15) is 11.1 Å². The standard InChI is InChI=1S/C9H12N2O/c1-7-5-3-4-6-8(7)9(11-10)12-2/h3-6H,10H2,1-2H3. The van der Waals surface area contributed by atoms with Crippen molar-refractivity contribution in [1.29, 1.82) is 0 Å². The summed E-state index contributed by atoms with van der Waals surface area (Å²) in [6, 6.07) is 7.79. The Hall–Kier alpha value is -1.51. The van der Waals surface area contributed by atoms with Crippen LogP contribution in [-0.2, 0) is 4.74 Å². The lowest BCUT2D eigenvalue weighted by atomic mass is 10.1. The van der Waals surface area contributed by atoms with Crippen molar-refractivity contribution in [1.82, 2.24) is 0 Å². The molecule has 0 aromatic heterocycles. The third-order valence-corrected chi connectivity index (χ3v) is 1.69. The van der Waals surface area contributed by atoms with E-state index in [1.807, 2.05) is 31.2 Å². The van der Waals surface area contributed by atoms with E-state index in [1.165, 1.54) is 0 Å². The van der Waals surface area contributed by atoms with Gasteiger partial charge in [0, 0.05) is 5.56 Å². The topological polar surface area (TPSA) is 47.6 Å². The number of rotatable bonds is 1. The molecule has 1 aromatic rings. The zero-order chi connectivity index (χ0) is 8.97. The highest BCUT2D eigenvalue weighted by Crippen LogP contribution is 2.08. The number of nitrogens with two attached hydrogens (primary N) is 1. The molecule has 0 heterocycles. The molecule has 2 N–H and O–H groups in total. The molecule has 64 valence electrons. The summed E-state index contributed by atoms with van der Waals surface area (Å²) in [5, 5.41) is 3.53. The van der Waals surface area contributed by atoms with Crippen LogP contribution in [-0.4, -0.2) is 13.0 Å². The largest absolute Gasteiger partial charge is 0.480 e. The van der Waals surface area contributed by atoms with Gasteiger partial charge in [0.05, 0.1) is 7.11 Å². The maximum absolute atomic E-state index is 5.15. The normalized spacial score (nSPS) is 11.3. The van der Waals surface area contributed by atoms with Gasteiger partial charge in [0.25, 0.3) is 0 Å². The SMILES string of the molecule is COC(=NN)c1ccccc1C. The number of aryl methyl sites for hydroxylation is 1. The van der Waals surface area contributed by atoms with E-state index in [0.717, 1.165) is 11.1 Å². The maximum Gasteiger partial charge on any atom is 0.237 e.